The van der Waals surface area contributed by atoms with Crippen LogP contribution < -0.4 is 5.32 Å². The number of nitrogens with one attached hydrogen (secondary N) is 1. The smallest absolute Gasteiger partial charge is 0.395 e. The van der Waals surface area contributed by atoms with Gasteiger partial charge in [0.05, 0.1) is 25.8 Å². The SMILES string of the molecule is OCC(CO)NC1CCN(CC(F)(F)F)CC1. The topological polar surface area (TPSA) is 55.7 Å². The molecule has 17 heavy (non-hydrogen) atoms. The van der Waals surface area contributed by atoms with Crippen molar-refractivity contribution in [1.29, 1.82) is 0 Å². The van der Waals surface area contributed by atoms with Gasteiger partial charge in [0, 0.05) is 6.04 Å². The second-order valence-corrected chi connectivity index (χ2v) is 4.39. The van der Waals surface area contributed by atoms with Crippen LogP contribution in [0.3, 0.4) is 0 Å². The van der Waals surface area contributed by atoms with E-state index in [1.165, 1.54) is 4.90 Å². The molecule has 0 saturated carbocycles. The van der Waals surface area contributed by atoms with Crippen LogP contribution in [-0.4, -0.2) is 66.2 Å². The molecular formula is C10H19F3N2O2. The molecule has 1 aliphatic heterocycles. The Balaban J connectivity index is 2.26. The number of hydrogen-bond donors (Lipinski definition) is 3. The summed E-state index contributed by atoms with van der Waals surface area (Å²) >= 11 is 0. The van der Waals surface area contributed by atoms with Gasteiger partial charge < -0.3 is 15.5 Å². The highest BCUT2D eigenvalue weighted by Gasteiger charge is 2.32. The second kappa shape index (κ2) is 6.53. The molecule has 0 aromatic rings. The van der Waals surface area contributed by atoms with E-state index in [2.05, 4.69) is 5.32 Å². The van der Waals surface area contributed by atoms with E-state index in [0.717, 1.165) is 0 Å². The van der Waals surface area contributed by atoms with Gasteiger partial charge in [0.25, 0.3) is 0 Å². The largest absolute Gasteiger partial charge is 0.401 e. The lowest BCUT2D eigenvalue weighted by Gasteiger charge is -2.34. The number of rotatable bonds is 5. The molecule has 0 radical (unpaired) electrons. The van der Waals surface area contributed by atoms with Crippen LogP contribution in [-0.2, 0) is 0 Å². The van der Waals surface area contributed by atoms with Gasteiger partial charge in [-0.3, -0.25) is 4.90 Å². The first-order valence-corrected chi connectivity index (χ1v) is 5.71. The summed E-state index contributed by atoms with van der Waals surface area (Å²) in [6.07, 6.45) is -2.93. The molecular weight excluding hydrogens is 237 g/mol. The van der Waals surface area contributed by atoms with Crippen LogP contribution in [0.25, 0.3) is 0 Å². The Labute approximate surface area is 98.4 Å². The summed E-state index contributed by atoms with van der Waals surface area (Å²) in [5.41, 5.74) is 0. The highest BCUT2D eigenvalue weighted by Crippen LogP contribution is 2.19. The maximum Gasteiger partial charge on any atom is 0.401 e. The van der Waals surface area contributed by atoms with Gasteiger partial charge in [-0.2, -0.15) is 13.2 Å². The third-order valence-corrected chi connectivity index (χ3v) is 2.90. The maximum absolute atomic E-state index is 12.1. The number of alkyl halides is 3. The van der Waals surface area contributed by atoms with E-state index in [-0.39, 0.29) is 25.3 Å². The van der Waals surface area contributed by atoms with E-state index in [1.54, 1.807) is 0 Å². The molecule has 0 aliphatic carbocycles. The van der Waals surface area contributed by atoms with Crippen molar-refractivity contribution >= 4 is 0 Å². The van der Waals surface area contributed by atoms with Gasteiger partial charge >= 0.3 is 6.18 Å². The Bertz CT molecular complexity index is 214. The van der Waals surface area contributed by atoms with Crippen molar-refractivity contribution < 1.29 is 23.4 Å². The summed E-state index contributed by atoms with van der Waals surface area (Å²) in [6.45, 7) is -0.414. The standard InChI is InChI=1S/C10H19F3N2O2/c11-10(12,13)7-15-3-1-8(2-4-15)14-9(5-16)6-17/h8-9,14,16-17H,1-7H2. The van der Waals surface area contributed by atoms with Crippen molar-refractivity contribution in [2.24, 2.45) is 0 Å². The molecule has 1 aliphatic rings. The predicted octanol–water partition coefficient (Wildman–Crippen LogP) is -0.0441. The zero-order valence-electron chi connectivity index (χ0n) is 9.58. The molecule has 3 N–H and O–H groups in total. The third kappa shape index (κ3) is 5.67. The molecule has 102 valence electrons. The number of aliphatic hydroxyl groups excluding tert-OH is 2. The van der Waals surface area contributed by atoms with Crippen LogP contribution in [0.4, 0.5) is 13.2 Å². The first-order chi connectivity index (χ1) is 7.94. The van der Waals surface area contributed by atoms with E-state index in [1.807, 2.05) is 0 Å². The summed E-state index contributed by atoms with van der Waals surface area (Å²) in [5, 5.41) is 20.8. The lowest BCUT2D eigenvalue weighted by atomic mass is 10.0. The van der Waals surface area contributed by atoms with Gasteiger partial charge in [-0.1, -0.05) is 0 Å². The average Bonchev–Trinajstić information content (AvgIpc) is 2.26. The quantitative estimate of drug-likeness (QED) is 0.646. The molecule has 4 nitrogen and oxygen atoms in total. The average molecular weight is 256 g/mol. The van der Waals surface area contributed by atoms with Crippen LogP contribution in [0, 0.1) is 0 Å². The summed E-state index contributed by atoms with van der Waals surface area (Å²) in [7, 11) is 0. The number of hydrogen-bond acceptors (Lipinski definition) is 4. The maximum atomic E-state index is 12.1. The van der Waals surface area contributed by atoms with Crippen molar-refractivity contribution in [2.45, 2.75) is 31.1 Å². The van der Waals surface area contributed by atoms with Crippen molar-refractivity contribution in [3.05, 3.63) is 0 Å². The summed E-state index contributed by atoms with van der Waals surface area (Å²) in [5.74, 6) is 0. The molecule has 0 atom stereocenters. The molecule has 0 spiro atoms. The van der Waals surface area contributed by atoms with Gasteiger partial charge in [-0.25, -0.2) is 0 Å². The second-order valence-electron chi connectivity index (χ2n) is 4.39. The van der Waals surface area contributed by atoms with E-state index in [0.29, 0.717) is 25.9 Å². The molecule has 7 heteroatoms. The van der Waals surface area contributed by atoms with Crippen molar-refractivity contribution in [3.8, 4) is 0 Å². The Morgan fingerprint density at radius 2 is 1.71 bits per heavy atom. The number of piperidine rings is 1. The minimum Gasteiger partial charge on any atom is -0.395 e. The Hall–Kier alpha value is -0.370. The molecule has 0 unspecified atom stereocenters. The molecule has 0 aromatic heterocycles. The van der Waals surface area contributed by atoms with Crippen molar-refractivity contribution in [2.75, 3.05) is 32.8 Å². The minimum absolute atomic E-state index is 0.0729. The lowest BCUT2D eigenvalue weighted by Crippen LogP contribution is -2.49. The number of halogens is 3. The van der Waals surface area contributed by atoms with E-state index < -0.39 is 12.7 Å². The minimum atomic E-state index is -4.14. The van der Waals surface area contributed by atoms with Crippen LogP contribution in [0.5, 0.6) is 0 Å². The summed E-state index contributed by atoms with van der Waals surface area (Å²) in [6, 6.07) is -0.307. The van der Waals surface area contributed by atoms with Crippen LogP contribution >= 0.6 is 0 Å². The third-order valence-electron chi connectivity index (χ3n) is 2.90. The van der Waals surface area contributed by atoms with E-state index in [9.17, 15) is 13.2 Å². The van der Waals surface area contributed by atoms with Gasteiger partial charge in [-0.15, -0.1) is 0 Å². The highest BCUT2D eigenvalue weighted by molar-refractivity contribution is 4.81. The monoisotopic (exact) mass is 256 g/mol. The van der Waals surface area contributed by atoms with Gasteiger partial charge in [0.15, 0.2) is 0 Å². The molecule has 0 aromatic carbocycles. The highest BCUT2D eigenvalue weighted by atomic mass is 19.4. The summed E-state index contributed by atoms with van der Waals surface area (Å²) < 4.78 is 36.4. The molecule has 1 fully saturated rings. The lowest BCUT2D eigenvalue weighted by molar-refractivity contribution is -0.148. The Morgan fingerprint density at radius 3 is 2.12 bits per heavy atom. The van der Waals surface area contributed by atoms with Crippen LogP contribution in [0.1, 0.15) is 12.8 Å². The van der Waals surface area contributed by atoms with Gasteiger partial charge in [0.1, 0.15) is 0 Å². The van der Waals surface area contributed by atoms with Gasteiger partial charge in [0.2, 0.25) is 0 Å². The molecule has 0 amide bonds. The van der Waals surface area contributed by atoms with Crippen LogP contribution in [0.15, 0.2) is 0 Å². The Morgan fingerprint density at radius 1 is 1.18 bits per heavy atom. The first kappa shape index (κ1) is 14.7. The predicted molar refractivity (Wildman–Crippen MR) is 56.6 cm³/mol. The molecule has 0 bridgehead atoms. The van der Waals surface area contributed by atoms with Crippen LogP contribution in [0.2, 0.25) is 0 Å². The molecule has 1 rings (SSSR count). The van der Waals surface area contributed by atoms with Crippen molar-refractivity contribution in [1.82, 2.24) is 10.2 Å². The fraction of sp³-hybridized carbons (Fsp3) is 1.00. The zero-order chi connectivity index (χ0) is 12.9. The number of nitrogens with zero attached hydrogens (tertiary/aromatic N) is 1. The fourth-order valence-corrected chi connectivity index (χ4v) is 2.01. The van der Waals surface area contributed by atoms with E-state index in [4.69, 9.17) is 10.2 Å². The van der Waals surface area contributed by atoms with Crippen molar-refractivity contribution in [3.63, 3.8) is 0 Å². The number of likely N-dealkylation sites (tertiary alicyclic amines) is 1. The van der Waals surface area contributed by atoms with E-state index >= 15 is 0 Å². The molecule has 1 heterocycles. The zero-order valence-corrected chi connectivity index (χ0v) is 9.58. The fourth-order valence-electron chi connectivity index (χ4n) is 2.01. The summed E-state index contributed by atoms with van der Waals surface area (Å²) in [4.78, 5) is 1.38. The molecule has 1 saturated heterocycles. The Kier molecular flexibility index (Phi) is 5.64. The number of aliphatic hydroxyl groups is 2. The normalized spacial score (nSPS) is 20.1. The first-order valence-electron chi connectivity index (χ1n) is 5.71. The van der Waals surface area contributed by atoms with Gasteiger partial charge in [-0.05, 0) is 25.9 Å².